The monoisotopic (exact) mass is 227 g/mol. The van der Waals surface area contributed by atoms with Gasteiger partial charge in [0.2, 0.25) is 0 Å². The first-order valence-corrected chi connectivity index (χ1v) is 4.14. The molecule has 0 unspecified atom stereocenters. The zero-order chi connectivity index (χ0) is 6.85. The fourth-order valence-electron chi connectivity index (χ4n) is 0.623. The molecule has 1 N–H and O–H groups in total. The number of phenolic OH excluding ortho intramolecular Hbond substituents is 1. The molecule has 9 heavy (non-hydrogen) atoms. The van der Waals surface area contributed by atoms with Crippen molar-refractivity contribution in [2.75, 3.05) is 0 Å². The van der Waals surface area contributed by atoms with Crippen molar-refractivity contribution in [3.05, 3.63) is 23.8 Å². The van der Waals surface area contributed by atoms with Crippen molar-refractivity contribution in [3.8, 4) is 5.75 Å². The normalized spacial score (nSPS) is 9.56. The number of aromatic hydroxyl groups is 1. The molecule has 0 amide bonds. The van der Waals surface area contributed by atoms with E-state index in [-0.39, 0.29) is 0 Å². The summed E-state index contributed by atoms with van der Waals surface area (Å²) in [7, 11) is 0. The molecule has 45 valence electrons. The first-order valence-electron chi connectivity index (χ1n) is 2.72. The standard InChI is InChI=1S/C7H7O.Sn/c1-6-4-2-3-5-7(6)8;/h2-3,5,8H,1H3;. The van der Waals surface area contributed by atoms with Crippen LogP contribution in [0.1, 0.15) is 5.56 Å². The minimum atomic E-state index is 0.407. The molecule has 2 heteroatoms. The summed E-state index contributed by atoms with van der Waals surface area (Å²) in [6.07, 6.45) is 0. The van der Waals surface area contributed by atoms with E-state index in [2.05, 4.69) is 0 Å². The van der Waals surface area contributed by atoms with E-state index < -0.39 is 0 Å². The Morgan fingerprint density at radius 1 is 1.44 bits per heavy atom. The van der Waals surface area contributed by atoms with E-state index >= 15 is 0 Å². The zero-order valence-corrected chi connectivity index (χ0v) is 8.03. The van der Waals surface area contributed by atoms with Crippen molar-refractivity contribution >= 4 is 26.1 Å². The Bertz CT molecular complexity index is 200. The van der Waals surface area contributed by atoms with E-state index in [1.165, 1.54) is 26.1 Å². The first kappa shape index (κ1) is 6.93. The molecule has 0 aromatic heterocycles. The molecule has 0 heterocycles. The van der Waals surface area contributed by atoms with Crippen molar-refractivity contribution in [3.63, 3.8) is 0 Å². The predicted octanol–water partition coefficient (Wildman–Crippen LogP) is 0.494. The Morgan fingerprint density at radius 2 is 2.11 bits per heavy atom. The van der Waals surface area contributed by atoms with E-state index in [0.29, 0.717) is 5.75 Å². The topological polar surface area (TPSA) is 20.2 Å². The summed E-state index contributed by atoms with van der Waals surface area (Å²) in [5, 5.41) is 9.11. The minimum absolute atomic E-state index is 0.407. The molecular weight excluding hydrogens is 219 g/mol. The van der Waals surface area contributed by atoms with Gasteiger partial charge < -0.3 is 0 Å². The second-order valence-corrected chi connectivity index (χ2v) is 3.49. The Labute approximate surface area is 67.8 Å². The van der Waals surface area contributed by atoms with E-state index in [9.17, 15) is 0 Å². The summed E-state index contributed by atoms with van der Waals surface area (Å²) in [5.41, 5.74) is 1.01. The van der Waals surface area contributed by atoms with Crippen molar-refractivity contribution in [1.29, 1.82) is 0 Å². The van der Waals surface area contributed by atoms with Crippen LogP contribution in [0.5, 0.6) is 5.75 Å². The molecule has 3 radical (unpaired) electrons. The van der Waals surface area contributed by atoms with Crippen molar-refractivity contribution < 1.29 is 5.11 Å². The van der Waals surface area contributed by atoms with E-state index in [1.54, 1.807) is 6.07 Å². The Hall–Kier alpha value is -0.181. The molecule has 1 rings (SSSR count). The molecule has 0 bridgehead atoms. The van der Waals surface area contributed by atoms with Crippen LogP contribution in [-0.4, -0.2) is 27.6 Å². The molecule has 0 fully saturated rings. The average Bonchev–Trinajstić information content (AvgIpc) is 1.83. The molecular formula is C7H7OSn. The van der Waals surface area contributed by atoms with Crippen LogP contribution in [-0.2, 0) is 0 Å². The molecule has 0 saturated carbocycles. The third-order valence-corrected chi connectivity index (χ3v) is 2.85. The quantitative estimate of drug-likeness (QED) is 0.638. The zero-order valence-electron chi connectivity index (χ0n) is 5.18. The van der Waals surface area contributed by atoms with Gasteiger partial charge in [-0.05, 0) is 0 Å². The molecule has 1 aromatic rings. The molecule has 0 aliphatic rings. The molecule has 0 spiro atoms. The summed E-state index contributed by atoms with van der Waals surface area (Å²) in [5.74, 6) is 0.407. The fraction of sp³-hybridized carbons (Fsp3) is 0.143. The summed E-state index contributed by atoms with van der Waals surface area (Å²) < 4.78 is 1.22. The Morgan fingerprint density at radius 3 is 2.56 bits per heavy atom. The number of hydrogen-bond acceptors (Lipinski definition) is 1. The number of rotatable bonds is 0. The van der Waals surface area contributed by atoms with E-state index in [1.807, 2.05) is 19.1 Å². The third-order valence-electron chi connectivity index (χ3n) is 1.31. The Kier molecular flexibility index (Phi) is 2.00. The fourth-order valence-corrected chi connectivity index (χ4v) is 1.26. The second kappa shape index (κ2) is 2.60. The van der Waals surface area contributed by atoms with E-state index in [0.717, 1.165) is 5.56 Å². The van der Waals surface area contributed by atoms with Crippen LogP contribution in [0.25, 0.3) is 0 Å². The maximum absolute atomic E-state index is 9.11. The van der Waals surface area contributed by atoms with Gasteiger partial charge in [-0.25, -0.2) is 0 Å². The molecule has 0 aliphatic heterocycles. The summed E-state index contributed by atoms with van der Waals surface area (Å²) in [6.45, 7) is 1.93. The van der Waals surface area contributed by atoms with Gasteiger partial charge in [0, 0.05) is 0 Å². The van der Waals surface area contributed by atoms with Gasteiger partial charge in [0.25, 0.3) is 0 Å². The number of hydrogen-bond donors (Lipinski definition) is 1. The molecule has 0 saturated heterocycles. The number of benzene rings is 1. The van der Waals surface area contributed by atoms with Crippen LogP contribution >= 0.6 is 0 Å². The number of phenols is 1. The Balaban J connectivity index is 3.25. The van der Waals surface area contributed by atoms with Gasteiger partial charge in [0.15, 0.2) is 0 Å². The van der Waals surface area contributed by atoms with Gasteiger partial charge in [-0.2, -0.15) is 0 Å². The van der Waals surface area contributed by atoms with Crippen molar-refractivity contribution in [1.82, 2.24) is 0 Å². The van der Waals surface area contributed by atoms with Crippen molar-refractivity contribution in [2.45, 2.75) is 6.92 Å². The molecule has 0 aliphatic carbocycles. The second-order valence-electron chi connectivity index (χ2n) is 1.95. The SMILES string of the molecule is Cc1c(O)ccc[c]1[Sn]. The summed E-state index contributed by atoms with van der Waals surface area (Å²) in [6, 6.07) is 5.60. The molecule has 0 atom stereocenters. The van der Waals surface area contributed by atoms with Gasteiger partial charge in [-0.3, -0.25) is 0 Å². The van der Waals surface area contributed by atoms with Gasteiger partial charge in [-0.15, -0.1) is 0 Å². The summed E-state index contributed by atoms with van der Waals surface area (Å²) >= 11 is 1.35. The van der Waals surface area contributed by atoms with Gasteiger partial charge in [0.1, 0.15) is 0 Å². The average molecular weight is 226 g/mol. The van der Waals surface area contributed by atoms with E-state index in [4.69, 9.17) is 5.11 Å². The van der Waals surface area contributed by atoms with Gasteiger partial charge in [-0.1, -0.05) is 0 Å². The first-order chi connectivity index (χ1) is 4.22. The van der Waals surface area contributed by atoms with Crippen LogP contribution in [0.2, 0.25) is 0 Å². The van der Waals surface area contributed by atoms with Gasteiger partial charge >= 0.3 is 67.6 Å². The summed E-state index contributed by atoms with van der Waals surface area (Å²) in [4.78, 5) is 0. The molecule has 1 nitrogen and oxygen atoms in total. The van der Waals surface area contributed by atoms with Crippen LogP contribution in [0.3, 0.4) is 0 Å². The third kappa shape index (κ3) is 1.39. The molecule has 1 aromatic carbocycles. The maximum atomic E-state index is 9.11. The van der Waals surface area contributed by atoms with Crippen molar-refractivity contribution in [2.24, 2.45) is 0 Å². The predicted molar refractivity (Wildman–Crippen MR) is 38.2 cm³/mol. The van der Waals surface area contributed by atoms with Crippen LogP contribution in [0.15, 0.2) is 18.2 Å². The van der Waals surface area contributed by atoms with Crippen LogP contribution in [0, 0.1) is 6.92 Å². The van der Waals surface area contributed by atoms with Crippen LogP contribution < -0.4 is 3.58 Å². The van der Waals surface area contributed by atoms with Gasteiger partial charge in [0.05, 0.1) is 0 Å². The van der Waals surface area contributed by atoms with Crippen LogP contribution in [0.4, 0.5) is 0 Å².